The average Bonchev–Trinajstić information content (AvgIpc) is 2.29. The van der Waals surface area contributed by atoms with E-state index in [4.69, 9.17) is 17.3 Å². The Morgan fingerprint density at radius 3 is 2.29 bits per heavy atom. The van der Waals surface area contributed by atoms with Crippen molar-refractivity contribution in [2.75, 3.05) is 13.1 Å². The Kier molecular flexibility index (Phi) is 4.94. The van der Waals surface area contributed by atoms with Crippen molar-refractivity contribution in [2.24, 2.45) is 5.73 Å². The molecule has 0 spiro atoms. The molecule has 0 atom stereocenters. The van der Waals surface area contributed by atoms with Crippen molar-refractivity contribution in [3.05, 3.63) is 28.8 Å². The Morgan fingerprint density at radius 2 is 1.88 bits per heavy atom. The summed E-state index contributed by atoms with van der Waals surface area (Å²) in [5.74, 6) is 0. The lowest BCUT2D eigenvalue weighted by Crippen LogP contribution is -2.30. The molecule has 0 heterocycles. The first kappa shape index (κ1) is 14.4. The topological polar surface area (TPSA) is 63.4 Å². The fraction of sp³-hybridized carbons (Fsp3) is 0.455. The number of sulfonamides is 1. The first-order valence-electron chi connectivity index (χ1n) is 5.46. The van der Waals surface area contributed by atoms with Crippen molar-refractivity contribution in [1.29, 1.82) is 0 Å². The van der Waals surface area contributed by atoms with Gasteiger partial charge in [0, 0.05) is 19.6 Å². The van der Waals surface area contributed by atoms with Gasteiger partial charge < -0.3 is 5.73 Å². The predicted molar refractivity (Wildman–Crippen MR) is 69.5 cm³/mol. The van der Waals surface area contributed by atoms with Crippen molar-refractivity contribution in [3.63, 3.8) is 0 Å². The van der Waals surface area contributed by atoms with E-state index in [0.717, 1.165) is 5.56 Å². The summed E-state index contributed by atoms with van der Waals surface area (Å²) in [4.78, 5) is 0.139. The Morgan fingerprint density at radius 1 is 1.29 bits per heavy atom. The van der Waals surface area contributed by atoms with Crippen LogP contribution in [0.4, 0.5) is 0 Å². The molecular weight excluding hydrogens is 260 g/mol. The molecule has 0 aliphatic heterocycles. The van der Waals surface area contributed by atoms with Crippen LogP contribution in [0.2, 0.25) is 5.02 Å². The summed E-state index contributed by atoms with van der Waals surface area (Å²) in [6, 6.07) is 4.79. The van der Waals surface area contributed by atoms with Crippen LogP contribution in [0, 0.1) is 0 Å². The standard InChI is InChI=1S/C11H17ClN2O2S/c1-3-14(4-2)17(15,16)11-6-5-9(8-13)7-10(11)12/h5-7H,3-4,8,13H2,1-2H3. The number of benzene rings is 1. The minimum absolute atomic E-state index is 0.139. The van der Waals surface area contributed by atoms with Crippen molar-refractivity contribution in [2.45, 2.75) is 25.3 Å². The quantitative estimate of drug-likeness (QED) is 0.892. The van der Waals surface area contributed by atoms with Gasteiger partial charge in [-0.1, -0.05) is 31.5 Å². The zero-order valence-electron chi connectivity index (χ0n) is 9.98. The van der Waals surface area contributed by atoms with Gasteiger partial charge in [0.1, 0.15) is 4.90 Å². The molecular formula is C11H17ClN2O2S. The summed E-state index contributed by atoms with van der Waals surface area (Å²) in [5.41, 5.74) is 6.28. The van der Waals surface area contributed by atoms with Gasteiger partial charge in [-0.05, 0) is 17.7 Å². The molecule has 1 aromatic rings. The first-order chi connectivity index (χ1) is 7.97. The smallest absolute Gasteiger partial charge is 0.244 e. The molecule has 0 saturated heterocycles. The molecule has 0 amide bonds. The van der Waals surface area contributed by atoms with Gasteiger partial charge in [-0.15, -0.1) is 0 Å². The van der Waals surface area contributed by atoms with Gasteiger partial charge in [0.25, 0.3) is 0 Å². The molecule has 0 aliphatic carbocycles. The summed E-state index contributed by atoms with van der Waals surface area (Å²) >= 11 is 5.99. The molecule has 96 valence electrons. The summed E-state index contributed by atoms with van der Waals surface area (Å²) in [6.45, 7) is 4.78. The SMILES string of the molecule is CCN(CC)S(=O)(=O)c1ccc(CN)cc1Cl. The zero-order valence-corrected chi connectivity index (χ0v) is 11.6. The fourth-order valence-electron chi connectivity index (χ4n) is 1.58. The second-order valence-corrected chi connectivity index (χ2v) is 5.87. The number of halogens is 1. The zero-order chi connectivity index (χ0) is 13.1. The summed E-state index contributed by atoms with van der Waals surface area (Å²) < 4.78 is 25.8. The van der Waals surface area contributed by atoms with E-state index in [1.165, 1.54) is 10.4 Å². The molecule has 0 bridgehead atoms. The minimum atomic E-state index is -3.50. The highest BCUT2D eigenvalue weighted by atomic mass is 35.5. The van der Waals surface area contributed by atoms with E-state index in [0.29, 0.717) is 19.6 Å². The molecule has 0 saturated carbocycles. The summed E-state index contributed by atoms with van der Waals surface area (Å²) in [7, 11) is -3.50. The van der Waals surface area contributed by atoms with Crippen LogP contribution in [0.3, 0.4) is 0 Å². The largest absolute Gasteiger partial charge is 0.326 e. The molecule has 2 N–H and O–H groups in total. The number of rotatable bonds is 5. The normalized spacial score (nSPS) is 12.1. The molecule has 0 unspecified atom stereocenters. The van der Waals surface area contributed by atoms with Crippen molar-refractivity contribution >= 4 is 21.6 Å². The first-order valence-corrected chi connectivity index (χ1v) is 7.27. The van der Waals surface area contributed by atoms with Crippen molar-refractivity contribution in [3.8, 4) is 0 Å². The maximum atomic E-state index is 12.2. The third-order valence-electron chi connectivity index (χ3n) is 2.56. The van der Waals surface area contributed by atoms with E-state index in [-0.39, 0.29) is 9.92 Å². The predicted octanol–water partition coefficient (Wildman–Crippen LogP) is 1.83. The van der Waals surface area contributed by atoms with Gasteiger partial charge in [-0.3, -0.25) is 0 Å². The van der Waals surface area contributed by atoms with Crippen LogP contribution in [0.5, 0.6) is 0 Å². The van der Waals surface area contributed by atoms with Crippen molar-refractivity contribution in [1.82, 2.24) is 4.31 Å². The third kappa shape index (κ3) is 2.98. The second kappa shape index (κ2) is 5.82. The Hall–Kier alpha value is -0.620. The van der Waals surface area contributed by atoms with Gasteiger partial charge in [-0.2, -0.15) is 4.31 Å². The van der Waals surface area contributed by atoms with E-state index < -0.39 is 10.0 Å². The Balaban J connectivity index is 3.24. The maximum absolute atomic E-state index is 12.2. The molecule has 1 aromatic carbocycles. The van der Waals surface area contributed by atoms with Crippen LogP contribution < -0.4 is 5.73 Å². The molecule has 0 radical (unpaired) electrons. The highest BCUT2D eigenvalue weighted by molar-refractivity contribution is 7.89. The number of hydrogen-bond donors (Lipinski definition) is 1. The Labute approximate surface area is 107 Å². The van der Waals surface area contributed by atoms with Gasteiger partial charge in [0.2, 0.25) is 10.0 Å². The van der Waals surface area contributed by atoms with Crippen LogP contribution in [0.1, 0.15) is 19.4 Å². The number of nitrogens with two attached hydrogens (primary N) is 1. The van der Waals surface area contributed by atoms with Crippen LogP contribution >= 0.6 is 11.6 Å². The maximum Gasteiger partial charge on any atom is 0.244 e. The van der Waals surface area contributed by atoms with E-state index in [9.17, 15) is 8.42 Å². The van der Waals surface area contributed by atoms with E-state index in [2.05, 4.69) is 0 Å². The molecule has 0 aliphatic rings. The van der Waals surface area contributed by atoms with Crippen LogP contribution in [-0.2, 0) is 16.6 Å². The lowest BCUT2D eigenvalue weighted by Gasteiger charge is -2.19. The molecule has 6 heteroatoms. The molecule has 1 rings (SSSR count). The van der Waals surface area contributed by atoms with Gasteiger partial charge in [0.05, 0.1) is 5.02 Å². The average molecular weight is 277 g/mol. The van der Waals surface area contributed by atoms with Gasteiger partial charge in [0.15, 0.2) is 0 Å². The Bertz CT molecular complexity index is 484. The van der Waals surface area contributed by atoms with Crippen LogP contribution in [0.15, 0.2) is 23.1 Å². The second-order valence-electron chi connectivity index (χ2n) is 3.56. The van der Waals surface area contributed by atoms with Crippen molar-refractivity contribution < 1.29 is 8.42 Å². The molecule has 4 nitrogen and oxygen atoms in total. The van der Waals surface area contributed by atoms with Gasteiger partial charge in [-0.25, -0.2) is 8.42 Å². The highest BCUT2D eigenvalue weighted by Crippen LogP contribution is 2.25. The summed E-state index contributed by atoms with van der Waals surface area (Å²) in [5, 5.41) is 0.222. The van der Waals surface area contributed by atoms with E-state index in [1.54, 1.807) is 26.0 Å². The molecule has 0 fully saturated rings. The monoisotopic (exact) mass is 276 g/mol. The van der Waals surface area contributed by atoms with Gasteiger partial charge >= 0.3 is 0 Å². The number of nitrogens with zero attached hydrogens (tertiary/aromatic N) is 1. The molecule has 0 aromatic heterocycles. The lowest BCUT2D eigenvalue weighted by molar-refractivity contribution is 0.445. The summed E-state index contributed by atoms with van der Waals surface area (Å²) in [6.07, 6.45) is 0. The van der Waals surface area contributed by atoms with Crippen LogP contribution in [-0.4, -0.2) is 25.8 Å². The van der Waals surface area contributed by atoms with E-state index in [1.807, 2.05) is 0 Å². The van der Waals surface area contributed by atoms with E-state index >= 15 is 0 Å². The highest BCUT2D eigenvalue weighted by Gasteiger charge is 2.24. The fourth-order valence-corrected chi connectivity index (χ4v) is 3.58. The lowest BCUT2D eigenvalue weighted by atomic mass is 10.2. The molecule has 17 heavy (non-hydrogen) atoms. The van der Waals surface area contributed by atoms with Crippen LogP contribution in [0.25, 0.3) is 0 Å². The minimum Gasteiger partial charge on any atom is -0.326 e. The third-order valence-corrected chi connectivity index (χ3v) is 5.09. The number of hydrogen-bond acceptors (Lipinski definition) is 3.